The monoisotopic (exact) mass is 558 g/mol. The molecule has 7 aliphatic rings. The van der Waals surface area contributed by atoms with Crippen molar-refractivity contribution in [2.75, 3.05) is 6.61 Å². The van der Waals surface area contributed by atoms with E-state index in [1.807, 2.05) is 19.1 Å². The summed E-state index contributed by atoms with van der Waals surface area (Å²) in [6, 6.07) is 8.92. The number of benzene rings is 1. The van der Waals surface area contributed by atoms with Gasteiger partial charge >= 0.3 is 11.9 Å². The first-order chi connectivity index (χ1) is 19.4. The van der Waals surface area contributed by atoms with Crippen LogP contribution in [-0.2, 0) is 28.5 Å². The van der Waals surface area contributed by atoms with Crippen molar-refractivity contribution in [2.24, 2.45) is 33.5 Å². The number of hydrogen-bond acceptors (Lipinski definition) is 8. The second kappa shape index (κ2) is 7.65. The summed E-state index contributed by atoms with van der Waals surface area (Å²) < 4.78 is 25.0. The quantitative estimate of drug-likeness (QED) is 0.340. The van der Waals surface area contributed by atoms with Crippen molar-refractivity contribution < 1.29 is 38.4 Å². The maximum atomic E-state index is 14.1. The second-order valence-electron chi connectivity index (χ2n) is 13.8. The van der Waals surface area contributed by atoms with Gasteiger partial charge in [-0.05, 0) is 56.4 Å². The Kier molecular flexibility index (Phi) is 4.78. The number of allylic oxidation sites excluding steroid dienone is 2. The number of cyclic esters (lactones) is 1. The molecule has 2 saturated carbocycles. The molecule has 3 heterocycles. The molecule has 11 atom stereocenters. The molecule has 8 rings (SSSR count). The van der Waals surface area contributed by atoms with Crippen LogP contribution in [0, 0.1) is 33.5 Å². The molecule has 0 radical (unpaired) electrons. The Morgan fingerprint density at radius 3 is 2.54 bits per heavy atom. The molecular weight excluding hydrogens is 524 g/mol. The van der Waals surface area contributed by atoms with E-state index in [0.717, 1.165) is 5.57 Å². The van der Waals surface area contributed by atoms with Crippen LogP contribution in [0.3, 0.4) is 0 Å². The highest BCUT2D eigenvalue weighted by atomic mass is 16.6. The average molecular weight is 559 g/mol. The highest BCUT2D eigenvalue weighted by Gasteiger charge is 2.90. The van der Waals surface area contributed by atoms with E-state index in [4.69, 9.17) is 18.9 Å². The van der Waals surface area contributed by atoms with Gasteiger partial charge in [0.2, 0.25) is 6.29 Å². The number of aliphatic hydroxyl groups is 1. The Bertz CT molecular complexity index is 1510. The standard InChI is InChI=1S/C33H34O8/c1-29-13-12-21(34)32(4)25(29)24(38-16-29)26(40-27(36)17-8-6-5-7-9-17)31(3)20-11-10-19(18-14-23(35)39-28(18)37)30(20,2)15-22-33(31,32)41-22/h5-9,11-14,19,22-26,35H,10,15-16H2,1-4H3/t19-,22-,23?,24+,25-,26+,29-,30-,31+,32-,33-/m0/s1. The van der Waals surface area contributed by atoms with E-state index in [2.05, 4.69) is 26.8 Å². The Morgan fingerprint density at radius 2 is 1.83 bits per heavy atom. The van der Waals surface area contributed by atoms with Gasteiger partial charge in [0.05, 0.1) is 29.1 Å². The predicted molar refractivity (Wildman–Crippen MR) is 144 cm³/mol. The molecule has 0 aromatic heterocycles. The van der Waals surface area contributed by atoms with Crippen LogP contribution in [0.1, 0.15) is 50.9 Å². The molecule has 3 aliphatic heterocycles. The first kappa shape index (κ1) is 25.6. The number of ketones is 1. The number of esters is 2. The van der Waals surface area contributed by atoms with Crippen LogP contribution in [0.2, 0.25) is 0 Å². The summed E-state index contributed by atoms with van der Waals surface area (Å²) in [6.07, 6.45) is 5.66. The van der Waals surface area contributed by atoms with Crippen LogP contribution in [0.4, 0.5) is 0 Å². The SMILES string of the molecule is C[C@@]12C=CC(=O)[C@@]3(C)[C@H]1[C@@H](OC2)[C@@H](OC(=O)c1ccccc1)[C@@]1(C)C2=CC[C@@H](C4=CC(O)OC4=O)[C@]2(C)C[C@@H]2O[C@]231. The van der Waals surface area contributed by atoms with Crippen LogP contribution >= 0.6 is 0 Å². The van der Waals surface area contributed by atoms with E-state index in [0.29, 0.717) is 30.6 Å². The van der Waals surface area contributed by atoms with Crippen molar-refractivity contribution in [1.82, 2.24) is 0 Å². The van der Waals surface area contributed by atoms with Crippen molar-refractivity contribution in [3.8, 4) is 0 Å². The molecule has 4 aliphatic carbocycles. The summed E-state index contributed by atoms with van der Waals surface area (Å²) in [5.74, 6) is -1.43. The van der Waals surface area contributed by atoms with E-state index < -0.39 is 57.7 Å². The minimum Gasteiger partial charge on any atom is -0.455 e. The third-order valence-corrected chi connectivity index (χ3v) is 12.0. The lowest BCUT2D eigenvalue weighted by Gasteiger charge is -2.64. The molecule has 8 nitrogen and oxygen atoms in total. The van der Waals surface area contributed by atoms with Crippen LogP contribution in [0.15, 0.2) is 65.8 Å². The van der Waals surface area contributed by atoms with Gasteiger partial charge in [-0.3, -0.25) is 4.79 Å². The maximum Gasteiger partial charge on any atom is 0.338 e. The summed E-state index contributed by atoms with van der Waals surface area (Å²) in [7, 11) is 0. The number of rotatable bonds is 3. The van der Waals surface area contributed by atoms with Crippen molar-refractivity contribution in [3.05, 3.63) is 71.3 Å². The number of carbonyl (C=O) groups excluding carboxylic acids is 3. The van der Waals surface area contributed by atoms with E-state index >= 15 is 0 Å². The molecule has 214 valence electrons. The summed E-state index contributed by atoms with van der Waals surface area (Å²) in [5.41, 5.74) is -1.79. The molecular formula is C33H34O8. The summed E-state index contributed by atoms with van der Waals surface area (Å²) in [5, 5.41) is 10.1. The third kappa shape index (κ3) is 2.75. The van der Waals surface area contributed by atoms with E-state index in [-0.39, 0.29) is 23.7 Å². The van der Waals surface area contributed by atoms with Gasteiger partial charge in [0.1, 0.15) is 17.8 Å². The van der Waals surface area contributed by atoms with Crippen molar-refractivity contribution in [3.63, 3.8) is 0 Å². The zero-order valence-electron chi connectivity index (χ0n) is 23.6. The van der Waals surface area contributed by atoms with Gasteiger partial charge in [-0.15, -0.1) is 0 Å². The van der Waals surface area contributed by atoms with Gasteiger partial charge in [-0.1, -0.05) is 49.8 Å². The van der Waals surface area contributed by atoms with E-state index in [1.54, 1.807) is 30.3 Å². The van der Waals surface area contributed by atoms with E-state index in [9.17, 15) is 19.5 Å². The minimum atomic E-state index is -1.26. The van der Waals surface area contributed by atoms with Crippen molar-refractivity contribution in [1.29, 1.82) is 0 Å². The smallest absolute Gasteiger partial charge is 0.338 e. The number of ether oxygens (including phenoxy) is 4. The Labute approximate surface area is 238 Å². The molecule has 8 heteroatoms. The first-order valence-corrected chi connectivity index (χ1v) is 14.5. The molecule has 0 amide bonds. The summed E-state index contributed by atoms with van der Waals surface area (Å²) in [6.45, 7) is 8.75. The predicted octanol–water partition coefficient (Wildman–Crippen LogP) is 3.69. The fourth-order valence-corrected chi connectivity index (χ4v) is 10.4. The van der Waals surface area contributed by atoms with Gasteiger partial charge in [0.25, 0.3) is 0 Å². The van der Waals surface area contributed by atoms with Gasteiger partial charge in [0.15, 0.2) is 5.78 Å². The second-order valence-corrected chi connectivity index (χ2v) is 13.8. The summed E-state index contributed by atoms with van der Waals surface area (Å²) in [4.78, 5) is 40.6. The lowest BCUT2D eigenvalue weighted by atomic mass is 9.37. The summed E-state index contributed by atoms with van der Waals surface area (Å²) >= 11 is 0. The Balaban J connectivity index is 1.31. The molecule has 1 unspecified atom stereocenters. The van der Waals surface area contributed by atoms with Crippen LogP contribution in [0.5, 0.6) is 0 Å². The normalized spacial score (nSPS) is 50.2. The van der Waals surface area contributed by atoms with Gasteiger partial charge in [-0.2, -0.15) is 0 Å². The van der Waals surface area contributed by atoms with Crippen molar-refractivity contribution in [2.45, 2.75) is 70.7 Å². The number of aliphatic hydroxyl groups excluding tert-OH is 1. The minimum absolute atomic E-state index is 0.0148. The fraction of sp³-hybridized carbons (Fsp3) is 0.545. The average Bonchev–Trinajstić information content (AvgIpc) is 3.21. The molecule has 1 spiro atoms. The first-order valence-electron chi connectivity index (χ1n) is 14.5. The number of epoxide rings is 1. The number of hydrogen-bond donors (Lipinski definition) is 1. The van der Waals surface area contributed by atoms with Crippen molar-refractivity contribution >= 4 is 17.7 Å². The Morgan fingerprint density at radius 1 is 1.07 bits per heavy atom. The van der Waals surface area contributed by atoms with Gasteiger partial charge < -0.3 is 24.1 Å². The number of fused-ring (bicyclic) bond motifs is 2. The topological polar surface area (TPSA) is 112 Å². The highest BCUT2D eigenvalue weighted by molar-refractivity contribution is 5.99. The molecule has 1 aromatic carbocycles. The Hall–Kier alpha value is -3.07. The molecule has 2 saturated heterocycles. The lowest BCUT2D eigenvalue weighted by Crippen LogP contribution is -2.75. The zero-order valence-corrected chi connectivity index (χ0v) is 23.6. The fourth-order valence-electron chi connectivity index (χ4n) is 10.4. The van der Waals surface area contributed by atoms with Gasteiger partial charge in [0, 0.05) is 22.8 Å². The largest absolute Gasteiger partial charge is 0.455 e. The van der Waals surface area contributed by atoms with Gasteiger partial charge in [-0.25, -0.2) is 9.59 Å². The third-order valence-electron chi connectivity index (χ3n) is 12.0. The molecule has 0 bridgehead atoms. The van der Waals surface area contributed by atoms with Crippen LogP contribution in [-0.4, -0.2) is 59.6 Å². The van der Waals surface area contributed by atoms with E-state index in [1.165, 1.54) is 6.08 Å². The zero-order chi connectivity index (χ0) is 28.7. The lowest BCUT2D eigenvalue weighted by molar-refractivity contribution is -0.199. The maximum absolute atomic E-state index is 14.1. The van der Waals surface area contributed by atoms with Crippen LogP contribution in [0.25, 0.3) is 0 Å². The molecule has 1 aromatic rings. The number of carbonyl (C=O) groups is 3. The molecule has 4 fully saturated rings. The highest BCUT2D eigenvalue weighted by Crippen LogP contribution is 2.81. The molecule has 1 N–H and O–H groups in total. The molecule has 41 heavy (non-hydrogen) atoms. The van der Waals surface area contributed by atoms with Crippen LogP contribution < -0.4 is 0 Å².